The molecule has 3 aliphatic rings. The number of amides is 1. The number of hydrogen-bond donors (Lipinski definition) is 1. The highest BCUT2D eigenvalue weighted by Crippen LogP contribution is 2.31. The van der Waals surface area contributed by atoms with Crippen LogP contribution >= 0.6 is 0 Å². The van der Waals surface area contributed by atoms with Crippen molar-refractivity contribution in [2.45, 2.75) is 25.9 Å². The van der Waals surface area contributed by atoms with Gasteiger partial charge in [0.25, 0.3) is 0 Å². The number of hydrogen-bond acceptors (Lipinski definition) is 3. The SMILES string of the molecule is CCC1OCCC1C(=O)N1CC2CNCC2C1. The third kappa shape index (κ3) is 1.97. The summed E-state index contributed by atoms with van der Waals surface area (Å²) in [6.45, 7) is 6.97. The summed E-state index contributed by atoms with van der Waals surface area (Å²) < 4.78 is 5.63. The molecule has 3 fully saturated rings. The molecule has 0 radical (unpaired) electrons. The van der Waals surface area contributed by atoms with Gasteiger partial charge in [-0.05, 0) is 24.7 Å². The fourth-order valence-electron chi connectivity index (χ4n) is 3.60. The highest BCUT2D eigenvalue weighted by atomic mass is 16.5. The average Bonchev–Trinajstić information content (AvgIpc) is 3.02. The zero-order valence-electron chi connectivity index (χ0n) is 10.5. The molecule has 3 saturated heterocycles. The summed E-state index contributed by atoms with van der Waals surface area (Å²) in [6.07, 6.45) is 2.04. The molecule has 0 spiro atoms. The second-order valence-electron chi connectivity index (χ2n) is 5.63. The standard InChI is InChI=1S/C13H22N2O2/c1-2-12-11(3-4-17-12)13(16)15-7-9-5-14-6-10(9)8-15/h9-12,14H,2-8H2,1H3. The van der Waals surface area contributed by atoms with E-state index in [1.165, 1.54) is 0 Å². The van der Waals surface area contributed by atoms with Gasteiger partial charge in [-0.3, -0.25) is 4.79 Å². The van der Waals surface area contributed by atoms with Crippen LogP contribution in [0.3, 0.4) is 0 Å². The molecule has 0 saturated carbocycles. The van der Waals surface area contributed by atoms with Crippen molar-refractivity contribution in [2.75, 3.05) is 32.8 Å². The molecule has 3 aliphatic heterocycles. The van der Waals surface area contributed by atoms with Crippen molar-refractivity contribution < 1.29 is 9.53 Å². The van der Waals surface area contributed by atoms with Gasteiger partial charge in [-0.25, -0.2) is 0 Å². The Labute approximate surface area is 103 Å². The lowest BCUT2D eigenvalue weighted by atomic mass is 9.98. The van der Waals surface area contributed by atoms with Crippen molar-refractivity contribution in [3.8, 4) is 0 Å². The normalized spacial score (nSPS) is 40.9. The Balaban J connectivity index is 1.63. The molecule has 4 atom stereocenters. The van der Waals surface area contributed by atoms with E-state index in [1.54, 1.807) is 0 Å². The topological polar surface area (TPSA) is 41.6 Å². The molecule has 0 aromatic heterocycles. The molecule has 4 heteroatoms. The van der Waals surface area contributed by atoms with E-state index in [1.807, 2.05) is 0 Å². The molecule has 3 heterocycles. The monoisotopic (exact) mass is 238 g/mol. The zero-order valence-corrected chi connectivity index (χ0v) is 10.5. The minimum Gasteiger partial charge on any atom is -0.377 e. The van der Waals surface area contributed by atoms with Gasteiger partial charge in [0.2, 0.25) is 5.91 Å². The number of ether oxygens (including phenoxy) is 1. The summed E-state index contributed by atoms with van der Waals surface area (Å²) in [5, 5.41) is 3.41. The highest BCUT2D eigenvalue weighted by molar-refractivity contribution is 5.80. The predicted molar refractivity (Wildman–Crippen MR) is 64.6 cm³/mol. The Morgan fingerprint density at radius 3 is 2.71 bits per heavy atom. The lowest BCUT2D eigenvalue weighted by Crippen LogP contribution is -2.39. The van der Waals surface area contributed by atoms with Crippen LogP contribution in [0.1, 0.15) is 19.8 Å². The number of rotatable bonds is 2. The zero-order chi connectivity index (χ0) is 11.8. The maximum Gasteiger partial charge on any atom is 0.228 e. The van der Waals surface area contributed by atoms with Crippen molar-refractivity contribution in [1.82, 2.24) is 10.2 Å². The van der Waals surface area contributed by atoms with Gasteiger partial charge >= 0.3 is 0 Å². The van der Waals surface area contributed by atoms with Crippen molar-refractivity contribution >= 4 is 5.91 Å². The van der Waals surface area contributed by atoms with Gasteiger partial charge in [0.15, 0.2) is 0 Å². The molecule has 17 heavy (non-hydrogen) atoms. The molecular weight excluding hydrogens is 216 g/mol. The third-order valence-electron chi connectivity index (χ3n) is 4.63. The summed E-state index contributed by atoms with van der Waals surface area (Å²) in [5.41, 5.74) is 0. The first-order valence-corrected chi connectivity index (χ1v) is 6.90. The van der Waals surface area contributed by atoms with Crippen LogP contribution in [0.25, 0.3) is 0 Å². The van der Waals surface area contributed by atoms with E-state index in [0.717, 1.165) is 45.6 Å². The summed E-state index contributed by atoms with van der Waals surface area (Å²) in [5.74, 6) is 1.87. The molecular formula is C13H22N2O2. The van der Waals surface area contributed by atoms with Crippen molar-refractivity contribution in [3.05, 3.63) is 0 Å². The molecule has 1 amide bonds. The minimum atomic E-state index is 0.131. The van der Waals surface area contributed by atoms with Crippen LogP contribution in [0.5, 0.6) is 0 Å². The lowest BCUT2D eigenvalue weighted by Gasteiger charge is -2.24. The lowest BCUT2D eigenvalue weighted by molar-refractivity contribution is -0.136. The first-order chi connectivity index (χ1) is 8.29. The third-order valence-corrected chi connectivity index (χ3v) is 4.63. The second kappa shape index (κ2) is 4.58. The smallest absolute Gasteiger partial charge is 0.228 e. The fourth-order valence-corrected chi connectivity index (χ4v) is 3.60. The Bertz CT molecular complexity index is 296. The highest BCUT2D eigenvalue weighted by Gasteiger charge is 2.42. The number of fused-ring (bicyclic) bond motifs is 1. The largest absolute Gasteiger partial charge is 0.377 e. The van der Waals surface area contributed by atoms with Crippen LogP contribution in [0.2, 0.25) is 0 Å². The number of nitrogens with zero attached hydrogens (tertiary/aromatic N) is 1. The van der Waals surface area contributed by atoms with Crippen LogP contribution in [-0.2, 0) is 9.53 Å². The van der Waals surface area contributed by atoms with Crippen molar-refractivity contribution in [2.24, 2.45) is 17.8 Å². The van der Waals surface area contributed by atoms with E-state index in [4.69, 9.17) is 4.74 Å². The molecule has 96 valence electrons. The van der Waals surface area contributed by atoms with Crippen LogP contribution in [0.4, 0.5) is 0 Å². The molecule has 0 aromatic carbocycles. The molecule has 4 unspecified atom stereocenters. The fraction of sp³-hybridized carbons (Fsp3) is 0.923. The van der Waals surface area contributed by atoms with Crippen molar-refractivity contribution in [1.29, 1.82) is 0 Å². The Kier molecular flexibility index (Phi) is 3.09. The predicted octanol–water partition coefficient (Wildman–Crippen LogP) is 0.479. The molecule has 4 nitrogen and oxygen atoms in total. The van der Waals surface area contributed by atoms with Crippen molar-refractivity contribution in [3.63, 3.8) is 0 Å². The Morgan fingerprint density at radius 1 is 1.35 bits per heavy atom. The molecule has 1 N–H and O–H groups in total. The van der Waals surface area contributed by atoms with Gasteiger partial charge in [-0.15, -0.1) is 0 Å². The van der Waals surface area contributed by atoms with Gasteiger partial charge in [0, 0.05) is 32.8 Å². The summed E-state index contributed by atoms with van der Waals surface area (Å²) in [4.78, 5) is 14.6. The number of carbonyl (C=O) groups is 1. The van der Waals surface area contributed by atoms with Gasteiger partial charge in [0.1, 0.15) is 0 Å². The van der Waals surface area contributed by atoms with E-state index in [9.17, 15) is 4.79 Å². The van der Waals surface area contributed by atoms with E-state index >= 15 is 0 Å². The van der Waals surface area contributed by atoms with Crippen LogP contribution in [0.15, 0.2) is 0 Å². The second-order valence-corrected chi connectivity index (χ2v) is 5.63. The maximum atomic E-state index is 12.5. The summed E-state index contributed by atoms with van der Waals surface area (Å²) >= 11 is 0. The Hall–Kier alpha value is -0.610. The van der Waals surface area contributed by atoms with E-state index in [2.05, 4.69) is 17.1 Å². The molecule has 3 rings (SSSR count). The Morgan fingerprint density at radius 2 is 2.06 bits per heavy atom. The summed E-state index contributed by atoms with van der Waals surface area (Å²) in [7, 11) is 0. The average molecular weight is 238 g/mol. The van der Waals surface area contributed by atoms with Gasteiger partial charge in [0.05, 0.1) is 12.0 Å². The van der Waals surface area contributed by atoms with E-state index in [0.29, 0.717) is 17.7 Å². The minimum absolute atomic E-state index is 0.131. The molecule has 0 bridgehead atoms. The van der Waals surface area contributed by atoms with Crippen LogP contribution < -0.4 is 5.32 Å². The van der Waals surface area contributed by atoms with E-state index in [-0.39, 0.29) is 12.0 Å². The first kappa shape index (κ1) is 11.5. The van der Waals surface area contributed by atoms with Gasteiger partial charge in [-0.2, -0.15) is 0 Å². The van der Waals surface area contributed by atoms with E-state index < -0.39 is 0 Å². The summed E-state index contributed by atoms with van der Waals surface area (Å²) in [6, 6.07) is 0. The molecule has 0 aliphatic carbocycles. The van der Waals surface area contributed by atoms with Gasteiger partial charge in [-0.1, -0.05) is 6.92 Å². The quantitative estimate of drug-likeness (QED) is 0.761. The van der Waals surface area contributed by atoms with Crippen LogP contribution in [-0.4, -0.2) is 49.7 Å². The van der Waals surface area contributed by atoms with Gasteiger partial charge < -0.3 is 15.0 Å². The first-order valence-electron chi connectivity index (χ1n) is 6.90. The maximum absolute atomic E-state index is 12.5. The molecule has 0 aromatic rings. The number of nitrogens with one attached hydrogen (secondary N) is 1. The van der Waals surface area contributed by atoms with Crippen LogP contribution in [0, 0.1) is 17.8 Å². The number of likely N-dealkylation sites (tertiary alicyclic amines) is 1. The number of carbonyl (C=O) groups excluding carboxylic acids is 1.